The zero-order valence-corrected chi connectivity index (χ0v) is 12.8. The quantitative estimate of drug-likeness (QED) is 0.629. The molecule has 2 aromatic rings. The average Bonchev–Trinajstić information content (AvgIpc) is 2.90. The van der Waals surface area contributed by atoms with Crippen LogP contribution in [0.25, 0.3) is 0 Å². The first-order valence-electron chi connectivity index (χ1n) is 5.62. The Balaban J connectivity index is 0.00000133. The minimum absolute atomic E-state index is 0. The fourth-order valence-corrected chi connectivity index (χ4v) is 2.12. The summed E-state index contributed by atoms with van der Waals surface area (Å²) in [6.07, 6.45) is 1.84. The summed E-state index contributed by atoms with van der Waals surface area (Å²) < 4.78 is 1.23. The van der Waals surface area contributed by atoms with Gasteiger partial charge < -0.3 is 12.4 Å². The number of quaternary nitrogens is 1. The van der Waals surface area contributed by atoms with E-state index in [-0.39, 0.29) is 12.4 Å². The molecule has 1 aliphatic heterocycles. The Bertz CT molecular complexity index is 559. The van der Waals surface area contributed by atoms with E-state index in [1.165, 1.54) is 3.57 Å². The lowest BCUT2D eigenvalue weighted by molar-refractivity contribution is -0.772. The molecule has 1 unspecified atom stereocenters. The minimum atomic E-state index is 0. The summed E-state index contributed by atoms with van der Waals surface area (Å²) in [5.74, 6) is 0. The van der Waals surface area contributed by atoms with E-state index in [2.05, 4.69) is 57.5 Å². The first-order valence-corrected chi connectivity index (χ1v) is 6.69. The third-order valence-electron chi connectivity index (χ3n) is 2.68. The van der Waals surface area contributed by atoms with Gasteiger partial charge in [0, 0.05) is 15.7 Å². The summed E-state index contributed by atoms with van der Waals surface area (Å²) in [7, 11) is 0. The standard InChI is InChI=1S/C13H11IN4.ClH/c14-11-6-8-12(9-7-11)17-10-15-18(16-17)13-4-2-1-3-5-13;/h1-10,16H;1H. The van der Waals surface area contributed by atoms with Crippen LogP contribution in [-0.4, -0.2) is 6.34 Å². The Morgan fingerprint density at radius 3 is 2.37 bits per heavy atom. The zero-order valence-electron chi connectivity index (χ0n) is 9.92. The Labute approximate surface area is 131 Å². The molecule has 98 valence electrons. The fraction of sp³-hybridized carbons (Fsp3) is 0. The molecule has 2 aromatic carbocycles. The van der Waals surface area contributed by atoms with E-state index in [1.807, 2.05) is 36.7 Å². The van der Waals surface area contributed by atoms with Crippen LogP contribution in [0.15, 0.2) is 59.7 Å². The van der Waals surface area contributed by atoms with Crippen LogP contribution < -0.4 is 28.1 Å². The van der Waals surface area contributed by atoms with E-state index in [0.29, 0.717) is 0 Å². The number of nitrogens with zero attached hydrogens (tertiary/aromatic N) is 2. The highest BCUT2D eigenvalue weighted by molar-refractivity contribution is 14.1. The monoisotopic (exact) mass is 386 g/mol. The summed E-state index contributed by atoms with van der Waals surface area (Å²) in [5.41, 5.74) is 5.43. The molecule has 1 aliphatic rings. The molecule has 0 aliphatic carbocycles. The van der Waals surface area contributed by atoms with Gasteiger partial charge in [-0.05, 0) is 52.4 Å². The summed E-state index contributed by atoms with van der Waals surface area (Å²) in [4.78, 5) is 0. The number of nitrogens with one attached hydrogen (secondary N) is 2. The maximum Gasteiger partial charge on any atom is 0.234 e. The second-order valence-corrected chi connectivity index (χ2v) is 5.17. The van der Waals surface area contributed by atoms with Crippen molar-refractivity contribution in [2.45, 2.75) is 0 Å². The van der Waals surface area contributed by atoms with Gasteiger partial charge in [0.1, 0.15) is 0 Å². The van der Waals surface area contributed by atoms with Gasteiger partial charge >= 0.3 is 0 Å². The average molecular weight is 387 g/mol. The Morgan fingerprint density at radius 2 is 1.68 bits per heavy atom. The van der Waals surface area contributed by atoms with Crippen molar-refractivity contribution < 1.29 is 17.4 Å². The molecule has 0 bridgehead atoms. The summed E-state index contributed by atoms with van der Waals surface area (Å²) >= 11 is 2.30. The zero-order chi connectivity index (χ0) is 12.4. The molecule has 0 saturated carbocycles. The van der Waals surface area contributed by atoms with Crippen LogP contribution in [0.4, 0.5) is 11.4 Å². The second-order valence-electron chi connectivity index (χ2n) is 3.92. The molecular weight excluding hydrogens is 375 g/mol. The van der Waals surface area contributed by atoms with Gasteiger partial charge in [0.25, 0.3) is 0 Å². The highest BCUT2D eigenvalue weighted by atomic mass is 127. The lowest BCUT2D eigenvalue weighted by Gasteiger charge is -2.14. The number of hydrazone groups is 1. The van der Waals surface area contributed by atoms with Gasteiger partial charge in [-0.3, -0.25) is 0 Å². The van der Waals surface area contributed by atoms with Gasteiger partial charge in [-0.2, -0.15) is 5.01 Å². The Kier molecular flexibility index (Phi) is 4.76. The van der Waals surface area contributed by atoms with Crippen molar-refractivity contribution in [3.8, 4) is 0 Å². The van der Waals surface area contributed by atoms with Gasteiger partial charge in [0.15, 0.2) is 5.69 Å². The van der Waals surface area contributed by atoms with E-state index in [1.54, 1.807) is 5.12 Å². The highest BCUT2D eigenvalue weighted by Gasteiger charge is 2.21. The van der Waals surface area contributed by atoms with Gasteiger partial charge in [-0.15, -0.1) is 10.2 Å². The van der Waals surface area contributed by atoms with Crippen molar-refractivity contribution >= 4 is 40.3 Å². The molecule has 6 heteroatoms. The molecule has 0 saturated heterocycles. The molecule has 0 amide bonds. The topological polar surface area (TPSA) is 32.1 Å². The van der Waals surface area contributed by atoms with Crippen LogP contribution in [-0.2, 0) is 0 Å². The molecule has 0 radical (unpaired) electrons. The predicted molar refractivity (Wildman–Crippen MR) is 80.3 cm³/mol. The van der Waals surface area contributed by atoms with E-state index in [4.69, 9.17) is 0 Å². The second kappa shape index (κ2) is 6.33. The minimum Gasteiger partial charge on any atom is -1.00 e. The first kappa shape index (κ1) is 14.3. The SMILES string of the molecule is Ic1ccc([NH+]2C=NN(c3ccccc3)N2)cc1.[Cl-]. The van der Waals surface area contributed by atoms with Crippen LogP contribution in [0, 0.1) is 3.57 Å². The van der Waals surface area contributed by atoms with Gasteiger partial charge in [-0.1, -0.05) is 18.2 Å². The van der Waals surface area contributed by atoms with Gasteiger partial charge in [0.2, 0.25) is 6.34 Å². The largest absolute Gasteiger partial charge is 1.00 e. The molecule has 3 rings (SSSR count). The van der Waals surface area contributed by atoms with Crippen LogP contribution in [0.2, 0.25) is 0 Å². The molecular formula is C13H12ClIN4. The third kappa shape index (κ3) is 3.24. The molecule has 19 heavy (non-hydrogen) atoms. The molecule has 1 heterocycles. The predicted octanol–water partition coefficient (Wildman–Crippen LogP) is -1.31. The van der Waals surface area contributed by atoms with Gasteiger partial charge in [-0.25, -0.2) is 0 Å². The molecule has 1 atom stereocenters. The number of hydrogen-bond acceptors (Lipinski definition) is 3. The van der Waals surface area contributed by atoms with E-state index >= 15 is 0 Å². The number of hydrazine groups is 1. The highest BCUT2D eigenvalue weighted by Crippen LogP contribution is 2.12. The van der Waals surface area contributed by atoms with Crippen molar-refractivity contribution in [1.82, 2.24) is 5.53 Å². The molecule has 0 fully saturated rings. The number of anilines is 1. The molecule has 0 aromatic heterocycles. The Hall–Kier alpha value is -1.15. The maximum atomic E-state index is 4.34. The summed E-state index contributed by atoms with van der Waals surface area (Å²) in [6, 6.07) is 18.4. The number of benzene rings is 2. The number of halogens is 2. The number of hydrogen-bond donors (Lipinski definition) is 2. The van der Waals surface area contributed by atoms with E-state index in [0.717, 1.165) is 16.4 Å². The van der Waals surface area contributed by atoms with Crippen LogP contribution in [0.5, 0.6) is 0 Å². The van der Waals surface area contributed by atoms with Crippen molar-refractivity contribution in [3.63, 3.8) is 0 Å². The third-order valence-corrected chi connectivity index (χ3v) is 3.40. The normalized spacial score (nSPS) is 17.3. The smallest absolute Gasteiger partial charge is 0.234 e. The van der Waals surface area contributed by atoms with Crippen LogP contribution >= 0.6 is 22.6 Å². The number of para-hydroxylation sites is 1. The van der Waals surface area contributed by atoms with E-state index in [9.17, 15) is 0 Å². The van der Waals surface area contributed by atoms with Gasteiger partial charge in [0.05, 0.1) is 5.69 Å². The van der Waals surface area contributed by atoms with Crippen molar-refractivity contribution in [2.24, 2.45) is 5.10 Å². The molecule has 2 N–H and O–H groups in total. The Morgan fingerprint density at radius 1 is 1.00 bits per heavy atom. The molecule has 4 nitrogen and oxygen atoms in total. The lowest BCUT2D eigenvalue weighted by atomic mass is 10.3. The van der Waals surface area contributed by atoms with Crippen molar-refractivity contribution in [1.29, 1.82) is 0 Å². The van der Waals surface area contributed by atoms with Crippen LogP contribution in [0.3, 0.4) is 0 Å². The van der Waals surface area contributed by atoms with Crippen LogP contribution in [0.1, 0.15) is 0 Å². The maximum absolute atomic E-state index is 4.34. The van der Waals surface area contributed by atoms with Crippen molar-refractivity contribution in [2.75, 3.05) is 5.12 Å². The van der Waals surface area contributed by atoms with E-state index < -0.39 is 0 Å². The molecule has 0 spiro atoms. The lowest BCUT2D eigenvalue weighted by Crippen LogP contribution is -3.12. The summed E-state index contributed by atoms with van der Waals surface area (Å²) in [6.45, 7) is 0. The summed E-state index contributed by atoms with van der Waals surface area (Å²) in [5, 5.41) is 7.13. The fourth-order valence-electron chi connectivity index (χ4n) is 1.76. The van der Waals surface area contributed by atoms with Crippen molar-refractivity contribution in [3.05, 3.63) is 58.2 Å². The first-order chi connectivity index (χ1) is 8.83. The number of rotatable bonds is 2.